The molecule has 5 nitrogen and oxygen atoms in total. The number of aryl methyl sites for hydroxylation is 2. The predicted molar refractivity (Wildman–Crippen MR) is 113 cm³/mol. The highest BCUT2D eigenvalue weighted by molar-refractivity contribution is 7.18. The Morgan fingerprint density at radius 2 is 2.29 bits per heavy atom. The van der Waals surface area contributed by atoms with Crippen LogP contribution < -0.4 is 10.9 Å². The number of hydrogen-bond donors (Lipinski definition) is 2. The number of benzene rings is 1. The smallest absolute Gasteiger partial charge is 0.259 e. The number of fused-ring (bicyclic) bond motifs is 3. The zero-order valence-corrected chi connectivity index (χ0v) is 17.3. The highest BCUT2D eigenvalue weighted by Crippen LogP contribution is 2.35. The Morgan fingerprint density at radius 1 is 1.43 bits per heavy atom. The number of amides is 1. The third kappa shape index (κ3) is 4.13. The minimum absolute atomic E-state index is 0.0774. The van der Waals surface area contributed by atoms with Gasteiger partial charge in [0, 0.05) is 29.3 Å². The van der Waals surface area contributed by atoms with E-state index in [1.807, 2.05) is 18.2 Å². The third-order valence-corrected chi connectivity index (χ3v) is 6.57. The molecule has 1 aliphatic rings. The van der Waals surface area contributed by atoms with E-state index in [-0.39, 0.29) is 17.9 Å². The van der Waals surface area contributed by atoms with Crippen molar-refractivity contribution in [3.05, 3.63) is 61.5 Å². The molecule has 1 amide bonds. The molecule has 3 aromatic rings. The maximum Gasteiger partial charge on any atom is 0.259 e. The molecule has 2 heterocycles. The van der Waals surface area contributed by atoms with Gasteiger partial charge in [0.05, 0.1) is 5.39 Å². The number of carbonyl (C=O) groups excluding carboxylic acids is 1. The summed E-state index contributed by atoms with van der Waals surface area (Å²) in [5.74, 6) is 1.14. The van der Waals surface area contributed by atoms with E-state index in [0.29, 0.717) is 29.7 Å². The van der Waals surface area contributed by atoms with E-state index < -0.39 is 0 Å². The zero-order valence-electron chi connectivity index (χ0n) is 15.7. The first-order valence-corrected chi connectivity index (χ1v) is 10.7. The van der Waals surface area contributed by atoms with Crippen molar-refractivity contribution >= 4 is 39.1 Å². The number of nitrogens with one attached hydrogen (secondary N) is 2. The molecule has 0 saturated carbocycles. The SMILES string of the molecule is C[C@@H]1CCc2c(sc3nc(CCC(=O)NCc4cccc(Cl)c4)[nH]c(=O)c23)C1. The second kappa shape index (κ2) is 8.05. The lowest BCUT2D eigenvalue weighted by atomic mass is 9.89. The van der Waals surface area contributed by atoms with Crippen LogP contribution in [-0.2, 0) is 30.6 Å². The van der Waals surface area contributed by atoms with Crippen LogP contribution >= 0.6 is 22.9 Å². The van der Waals surface area contributed by atoms with Crippen LogP contribution in [0.2, 0.25) is 5.02 Å². The van der Waals surface area contributed by atoms with Crippen molar-refractivity contribution in [2.24, 2.45) is 5.92 Å². The molecule has 0 aliphatic heterocycles. The quantitative estimate of drug-likeness (QED) is 0.661. The van der Waals surface area contributed by atoms with Crippen molar-refractivity contribution in [3.8, 4) is 0 Å². The van der Waals surface area contributed by atoms with E-state index in [1.165, 1.54) is 10.4 Å². The molecule has 0 fully saturated rings. The summed E-state index contributed by atoms with van der Waals surface area (Å²) in [6, 6.07) is 7.40. The van der Waals surface area contributed by atoms with Gasteiger partial charge in [-0.25, -0.2) is 4.98 Å². The summed E-state index contributed by atoms with van der Waals surface area (Å²) in [7, 11) is 0. The van der Waals surface area contributed by atoms with Crippen LogP contribution in [0.5, 0.6) is 0 Å². The van der Waals surface area contributed by atoms with E-state index >= 15 is 0 Å². The van der Waals surface area contributed by atoms with Crippen molar-refractivity contribution in [2.75, 3.05) is 0 Å². The summed E-state index contributed by atoms with van der Waals surface area (Å²) in [6.07, 6.45) is 3.78. The van der Waals surface area contributed by atoms with E-state index in [9.17, 15) is 9.59 Å². The Morgan fingerprint density at radius 3 is 3.11 bits per heavy atom. The van der Waals surface area contributed by atoms with Crippen LogP contribution in [0.15, 0.2) is 29.1 Å². The van der Waals surface area contributed by atoms with Crippen molar-refractivity contribution in [2.45, 2.75) is 45.6 Å². The van der Waals surface area contributed by atoms with E-state index in [1.54, 1.807) is 17.4 Å². The Hall–Kier alpha value is -2.18. The van der Waals surface area contributed by atoms with Crippen LogP contribution in [0.25, 0.3) is 10.2 Å². The summed E-state index contributed by atoms with van der Waals surface area (Å²) in [5.41, 5.74) is 2.05. The van der Waals surface area contributed by atoms with Gasteiger partial charge in [-0.1, -0.05) is 30.7 Å². The van der Waals surface area contributed by atoms with Gasteiger partial charge in [0.2, 0.25) is 5.91 Å². The monoisotopic (exact) mass is 415 g/mol. The molecule has 0 unspecified atom stereocenters. The number of aromatic amines is 1. The molecule has 0 radical (unpaired) electrons. The number of H-pyrrole nitrogens is 1. The Bertz CT molecular complexity index is 1090. The second-order valence-corrected chi connectivity index (χ2v) is 8.97. The Labute approximate surface area is 172 Å². The van der Waals surface area contributed by atoms with Crippen LogP contribution in [0.4, 0.5) is 0 Å². The van der Waals surface area contributed by atoms with Gasteiger partial charge in [0.1, 0.15) is 10.7 Å². The molecular weight excluding hydrogens is 394 g/mol. The maximum atomic E-state index is 12.6. The fourth-order valence-corrected chi connectivity index (χ4v) is 5.29. The molecule has 2 N–H and O–H groups in total. The number of thiophene rings is 1. The van der Waals surface area contributed by atoms with Gasteiger partial charge in [-0.15, -0.1) is 11.3 Å². The van der Waals surface area contributed by atoms with Crippen molar-refractivity contribution in [1.82, 2.24) is 15.3 Å². The maximum absolute atomic E-state index is 12.6. The fourth-order valence-electron chi connectivity index (χ4n) is 3.68. The first-order valence-electron chi connectivity index (χ1n) is 9.54. The zero-order chi connectivity index (χ0) is 19.7. The minimum atomic E-state index is -0.0815. The number of hydrogen-bond acceptors (Lipinski definition) is 4. The molecule has 146 valence electrons. The minimum Gasteiger partial charge on any atom is -0.352 e. The molecule has 1 aliphatic carbocycles. The molecule has 28 heavy (non-hydrogen) atoms. The summed E-state index contributed by atoms with van der Waals surface area (Å²) in [4.78, 5) is 34.4. The normalized spacial score (nSPS) is 16.1. The van der Waals surface area contributed by atoms with Gasteiger partial charge in [-0.3, -0.25) is 9.59 Å². The van der Waals surface area contributed by atoms with E-state index in [4.69, 9.17) is 11.6 Å². The second-order valence-electron chi connectivity index (χ2n) is 7.45. The number of halogens is 1. The topological polar surface area (TPSA) is 74.8 Å². The van der Waals surface area contributed by atoms with E-state index in [2.05, 4.69) is 22.2 Å². The lowest BCUT2D eigenvalue weighted by Gasteiger charge is -2.17. The van der Waals surface area contributed by atoms with Gasteiger partial charge in [-0.05, 0) is 48.4 Å². The lowest BCUT2D eigenvalue weighted by Crippen LogP contribution is -2.23. The van der Waals surface area contributed by atoms with Gasteiger partial charge >= 0.3 is 0 Å². The predicted octanol–water partition coefficient (Wildman–Crippen LogP) is 4.01. The first kappa shape index (κ1) is 19.2. The van der Waals surface area contributed by atoms with Gasteiger partial charge in [-0.2, -0.15) is 0 Å². The van der Waals surface area contributed by atoms with Crippen molar-refractivity contribution < 1.29 is 4.79 Å². The molecule has 1 aromatic carbocycles. The van der Waals surface area contributed by atoms with Crippen LogP contribution in [0.3, 0.4) is 0 Å². The molecule has 0 spiro atoms. The largest absolute Gasteiger partial charge is 0.352 e. The van der Waals surface area contributed by atoms with E-state index in [0.717, 1.165) is 35.0 Å². The van der Waals surface area contributed by atoms with Crippen molar-refractivity contribution in [3.63, 3.8) is 0 Å². The Balaban J connectivity index is 1.42. The van der Waals surface area contributed by atoms with Gasteiger partial charge < -0.3 is 10.3 Å². The molecule has 1 atom stereocenters. The van der Waals surface area contributed by atoms with Gasteiger partial charge in [0.15, 0.2) is 0 Å². The lowest BCUT2D eigenvalue weighted by molar-refractivity contribution is -0.121. The number of carbonyl (C=O) groups is 1. The molecule has 0 bridgehead atoms. The number of aromatic nitrogens is 2. The average molecular weight is 416 g/mol. The Kier molecular flexibility index (Phi) is 5.51. The molecule has 2 aromatic heterocycles. The fraction of sp³-hybridized carbons (Fsp3) is 0.381. The molecule has 4 rings (SSSR count). The third-order valence-electron chi connectivity index (χ3n) is 5.18. The number of nitrogens with zero attached hydrogens (tertiary/aromatic N) is 1. The standard InChI is InChI=1S/C21H22ClN3O2S/c1-12-5-6-15-16(9-12)28-21-19(15)20(27)24-17(25-21)7-8-18(26)23-11-13-3-2-4-14(22)10-13/h2-4,10,12H,5-9,11H2,1H3,(H,23,26)(H,24,25,27)/t12-/m1/s1. The van der Waals surface area contributed by atoms with Gasteiger partial charge in [0.25, 0.3) is 5.56 Å². The summed E-state index contributed by atoms with van der Waals surface area (Å²) in [5, 5.41) is 4.28. The highest BCUT2D eigenvalue weighted by Gasteiger charge is 2.23. The average Bonchev–Trinajstić information content (AvgIpc) is 3.02. The molecule has 0 saturated heterocycles. The van der Waals surface area contributed by atoms with Crippen molar-refractivity contribution in [1.29, 1.82) is 0 Å². The summed E-state index contributed by atoms with van der Waals surface area (Å²) in [6.45, 7) is 2.68. The van der Waals surface area contributed by atoms with Crippen LogP contribution in [-0.4, -0.2) is 15.9 Å². The first-order chi connectivity index (χ1) is 13.5. The van der Waals surface area contributed by atoms with Crippen LogP contribution in [0.1, 0.15) is 41.6 Å². The summed E-state index contributed by atoms with van der Waals surface area (Å²) < 4.78 is 0. The summed E-state index contributed by atoms with van der Waals surface area (Å²) >= 11 is 7.59. The molecule has 7 heteroatoms. The highest BCUT2D eigenvalue weighted by atomic mass is 35.5. The number of rotatable bonds is 5. The van der Waals surface area contributed by atoms with Crippen LogP contribution in [0, 0.1) is 5.92 Å². The molecular formula is C21H22ClN3O2S.